The summed E-state index contributed by atoms with van der Waals surface area (Å²) in [4.78, 5) is 4.43. The van der Waals surface area contributed by atoms with Crippen molar-refractivity contribution < 1.29 is 0 Å². The molecular weight excluding hydrogens is 717 g/mol. The first kappa shape index (κ1) is 36.1. The van der Waals surface area contributed by atoms with E-state index in [1.807, 2.05) is 12.1 Å². The zero-order valence-corrected chi connectivity index (χ0v) is 33.2. The van der Waals surface area contributed by atoms with Crippen molar-refractivity contribution in [3.63, 3.8) is 0 Å². The number of nitrogens with zero attached hydrogens (tertiary/aromatic N) is 6. The van der Waals surface area contributed by atoms with Crippen LogP contribution in [0.15, 0.2) is 69.4 Å². The molecule has 3 aromatic heterocycles. The quantitative estimate of drug-likeness (QED) is 0.110. The summed E-state index contributed by atoms with van der Waals surface area (Å²) in [6, 6.07) is 25.9. The molecule has 1 aliphatic rings. The Bertz CT molecular complexity index is 2250. The van der Waals surface area contributed by atoms with Crippen LogP contribution in [-0.4, -0.2) is 8.75 Å². The number of fused-ring (bicyclic) bond motifs is 2. The summed E-state index contributed by atoms with van der Waals surface area (Å²) in [6.45, 7) is 9.06. The molecule has 0 aliphatic carbocycles. The molecule has 10 heteroatoms. The van der Waals surface area contributed by atoms with Crippen LogP contribution < -0.4 is 0 Å². The average molecular weight is 757 g/mol. The minimum absolute atomic E-state index is 0.637. The SMILES string of the molecule is CCCC(C)CCc1cc(-c2ccc(-c3c4c(c(-c5ccc(-c6ccc(C#N)c(CCC(C)CCC)c6)s5)c5nsnc35)N=S=N4)s2)ccc1C#N. The van der Waals surface area contributed by atoms with Crippen LogP contribution in [0.4, 0.5) is 11.4 Å². The largest absolute Gasteiger partial charge is 0.192 e. The first-order chi connectivity index (χ1) is 25.4. The maximum absolute atomic E-state index is 9.83. The van der Waals surface area contributed by atoms with Gasteiger partial charge in [0.05, 0.1) is 46.3 Å². The van der Waals surface area contributed by atoms with Gasteiger partial charge in [0.2, 0.25) is 0 Å². The van der Waals surface area contributed by atoms with E-state index in [1.165, 1.54) is 48.8 Å². The molecule has 2 unspecified atom stereocenters. The highest BCUT2D eigenvalue weighted by molar-refractivity contribution is 7.58. The first-order valence-electron chi connectivity index (χ1n) is 18.1. The number of rotatable bonds is 14. The number of thiophene rings is 2. The monoisotopic (exact) mass is 756 g/mol. The highest BCUT2D eigenvalue weighted by Crippen LogP contribution is 2.54. The molecule has 0 N–H and O–H groups in total. The molecule has 1 aliphatic heterocycles. The van der Waals surface area contributed by atoms with Crippen molar-refractivity contribution in [2.45, 2.75) is 79.1 Å². The van der Waals surface area contributed by atoms with Gasteiger partial charge < -0.3 is 0 Å². The van der Waals surface area contributed by atoms with Crippen molar-refractivity contribution >= 4 is 68.2 Å². The van der Waals surface area contributed by atoms with E-state index in [0.29, 0.717) is 11.8 Å². The Hall–Kier alpha value is -4.32. The van der Waals surface area contributed by atoms with E-state index < -0.39 is 0 Å². The van der Waals surface area contributed by atoms with Crippen molar-refractivity contribution in [1.82, 2.24) is 8.75 Å². The number of aromatic nitrogens is 2. The zero-order chi connectivity index (χ0) is 36.2. The van der Waals surface area contributed by atoms with Crippen LogP contribution in [0.3, 0.4) is 0 Å². The summed E-state index contributed by atoms with van der Waals surface area (Å²) in [5.41, 5.74) is 11.3. The standard InChI is InChI=1S/C42H40N6S4/c1-5-7-25(3)9-11-27-21-29(13-15-31(27)23-43)33-17-19-35(49-33)37-39-41(47-51-45-39)38(42-40(37)46-52-48-42)36-20-18-34(50-36)30-14-16-32(24-44)28(22-30)12-10-26(4)8-6-2/h13-22,25-26H,5-12H2,1-4H3. The summed E-state index contributed by atoms with van der Waals surface area (Å²) in [6.07, 6.45) is 8.75. The Morgan fingerprint density at radius 2 is 1.04 bits per heavy atom. The summed E-state index contributed by atoms with van der Waals surface area (Å²) in [5.74, 6) is 1.27. The fourth-order valence-electron chi connectivity index (χ4n) is 7.18. The number of nitriles is 2. The van der Waals surface area contributed by atoms with E-state index in [1.54, 1.807) is 22.7 Å². The van der Waals surface area contributed by atoms with Gasteiger partial charge in [-0.05, 0) is 108 Å². The van der Waals surface area contributed by atoms with Gasteiger partial charge in [0.15, 0.2) is 0 Å². The Morgan fingerprint density at radius 1 is 0.596 bits per heavy atom. The zero-order valence-electron chi connectivity index (χ0n) is 29.9. The number of hydrogen-bond donors (Lipinski definition) is 0. The molecule has 262 valence electrons. The van der Waals surface area contributed by atoms with Crippen LogP contribution in [0.5, 0.6) is 0 Å². The van der Waals surface area contributed by atoms with Crippen LogP contribution in [0, 0.1) is 34.5 Å². The Labute approximate surface area is 322 Å². The van der Waals surface area contributed by atoms with Crippen molar-refractivity contribution in [3.8, 4) is 53.9 Å². The van der Waals surface area contributed by atoms with Crippen molar-refractivity contribution in [1.29, 1.82) is 10.5 Å². The molecule has 2 atom stereocenters. The molecule has 0 bridgehead atoms. The van der Waals surface area contributed by atoms with Gasteiger partial charge in [-0.1, -0.05) is 65.5 Å². The van der Waals surface area contributed by atoms with E-state index in [9.17, 15) is 10.5 Å². The maximum atomic E-state index is 9.83. The van der Waals surface area contributed by atoms with Gasteiger partial charge in [0, 0.05) is 30.6 Å². The fraction of sp³-hybridized carbons (Fsp3) is 0.333. The molecule has 0 fully saturated rings. The van der Waals surface area contributed by atoms with Gasteiger partial charge in [-0.15, -0.1) is 22.7 Å². The van der Waals surface area contributed by atoms with E-state index in [-0.39, 0.29) is 0 Å². The predicted molar refractivity (Wildman–Crippen MR) is 221 cm³/mol. The molecular formula is C42H40N6S4. The fourth-order valence-corrected chi connectivity index (χ4v) is 10.4. The predicted octanol–water partition coefficient (Wildman–Crippen LogP) is 13.7. The van der Waals surface area contributed by atoms with Crippen molar-refractivity contribution in [2.24, 2.45) is 20.6 Å². The average Bonchev–Trinajstić information content (AvgIpc) is 4.00. The third kappa shape index (κ3) is 7.31. The molecule has 52 heavy (non-hydrogen) atoms. The van der Waals surface area contributed by atoms with E-state index in [2.05, 4.69) is 88.4 Å². The molecule has 4 heterocycles. The van der Waals surface area contributed by atoms with Crippen LogP contribution in [0.1, 0.15) is 88.5 Å². The lowest BCUT2D eigenvalue weighted by atomic mass is 9.94. The van der Waals surface area contributed by atoms with Gasteiger partial charge >= 0.3 is 0 Å². The molecule has 0 saturated heterocycles. The van der Waals surface area contributed by atoms with Crippen LogP contribution in [0.25, 0.3) is 52.8 Å². The number of hydrogen-bond acceptors (Lipinski definition) is 9. The van der Waals surface area contributed by atoms with Gasteiger partial charge in [-0.2, -0.15) is 28.0 Å². The van der Waals surface area contributed by atoms with Gasteiger partial charge in [0.25, 0.3) is 0 Å². The third-order valence-corrected chi connectivity index (χ3v) is 13.4. The van der Waals surface area contributed by atoms with Crippen LogP contribution in [-0.2, 0) is 24.2 Å². The summed E-state index contributed by atoms with van der Waals surface area (Å²) >= 11 is 5.87. The van der Waals surface area contributed by atoms with E-state index >= 15 is 0 Å². The maximum Gasteiger partial charge on any atom is 0.116 e. The van der Waals surface area contributed by atoms with Crippen LogP contribution >= 0.6 is 34.4 Å². The summed E-state index contributed by atoms with van der Waals surface area (Å²) < 4.78 is 19.4. The molecule has 0 saturated carbocycles. The lowest BCUT2D eigenvalue weighted by molar-refractivity contribution is 0.486. The Kier molecular flexibility index (Phi) is 11.2. The third-order valence-electron chi connectivity index (χ3n) is 10.0. The minimum Gasteiger partial charge on any atom is -0.192 e. The second-order valence-electron chi connectivity index (χ2n) is 13.8. The van der Waals surface area contributed by atoms with Crippen LogP contribution in [0.2, 0.25) is 0 Å². The summed E-state index contributed by atoms with van der Waals surface area (Å²) in [7, 11) is 0. The van der Waals surface area contributed by atoms with E-state index in [4.69, 9.17) is 17.5 Å². The molecule has 7 rings (SSSR count). The molecule has 6 aromatic rings. The topological polar surface area (TPSA) is 98.1 Å². The van der Waals surface area contributed by atoms with Gasteiger partial charge in [-0.3, -0.25) is 0 Å². The van der Waals surface area contributed by atoms with Gasteiger partial charge in [0.1, 0.15) is 22.4 Å². The van der Waals surface area contributed by atoms with Gasteiger partial charge in [-0.25, -0.2) is 0 Å². The lowest BCUT2D eigenvalue weighted by Crippen LogP contribution is -1.99. The molecule has 6 nitrogen and oxygen atoms in total. The highest BCUT2D eigenvalue weighted by atomic mass is 32.1. The first-order valence-corrected chi connectivity index (χ1v) is 21.2. The summed E-state index contributed by atoms with van der Waals surface area (Å²) in [5, 5.41) is 19.7. The Morgan fingerprint density at radius 3 is 1.46 bits per heavy atom. The lowest BCUT2D eigenvalue weighted by Gasteiger charge is -2.12. The number of benzene rings is 3. The number of aryl methyl sites for hydroxylation is 2. The minimum atomic E-state index is 0.637. The Balaban J connectivity index is 1.22. The second kappa shape index (κ2) is 16.1. The smallest absolute Gasteiger partial charge is 0.116 e. The highest BCUT2D eigenvalue weighted by Gasteiger charge is 2.28. The van der Waals surface area contributed by atoms with Crippen molar-refractivity contribution in [2.75, 3.05) is 0 Å². The second-order valence-corrected chi connectivity index (χ2v) is 17.1. The normalized spacial score (nSPS) is 13.1. The molecule has 0 radical (unpaired) electrons. The molecule has 0 spiro atoms. The molecule has 0 amide bonds. The van der Waals surface area contributed by atoms with Crippen molar-refractivity contribution in [3.05, 3.63) is 82.9 Å². The van der Waals surface area contributed by atoms with E-state index in [0.717, 1.165) is 112 Å². The molecule has 3 aromatic carbocycles.